The molecule has 0 unspecified atom stereocenters. The Hall–Kier alpha value is -2.87. The van der Waals surface area contributed by atoms with Gasteiger partial charge < -0.3 is 9.64 Å². The van der Waals surface area contributed by atoms with Crippen LogP contribution in [0, 0.1) is 5.82 Å². The van der Waals surface area contributed by atoms with Crippen LogP contribution >= 0.6 is 11.8 Å². The molecule has 2 aromatic carbocycles. The van der Waals surface area contributed by atoms with Gasteiger partial charge in [-0.2, -0.15) is 0 Å². The molecule has 0 saturated carbocycles. The van der Waals surface area contributed by atoms with Gasteiger partial charge >= 0.3 is 0 Å². The predicted octanol–water partition coefficient (Wildman–Crippen LogP) is 3.17. The van der Waals surface area contributed by atoms with Crippen molar-refractivity contribution in [2.45, 2.75) is 11.7 Å². The fraction of sp³-hybridized carbons (Fsp3) is 0.211. The molecule has 0 aliphatic heterocycles. The summed E-state index contributed by atoms with van der Waals surface area (Å²) in [6.45, 7) is 0.419. The van der Waals surface area contributed by atoms with Gasteiger partial charge in [0.15, 0.2) is 5.16 Å². The van der Waals surface area contributed by atoms with Crippen molar-refractivity contribution in [3.8, 4) is 11.4 Å². The minimum absolute atomic E-state index is 0.0514. The van der Waals surface area contributed by atoms with Gasteiger partial charge in [-0.05, 0) is 29.8 Å². The van der Waals surface area contributed by atoms with Crippen molar-refractivity contribution in [1.29, 1.82) is 0 Å². The van der Waals surface area contributed by atoms with Gasteiger partial charge in [-0.3, -0.25) is 9.36 Å². The molecule has 3 aromatic rings. The Balaban J connectivity index is 1.62. The number of ether oxygens (including phenoxy) is 1. The maximum atomic E-state index is 13.0. The minimum Gasteiger partial charge on any atom is -0.497 e. The number of aromatic nitrogens is 3. The van der Waals surface area contributed by atoms with E-state index in [0.29, 0.717) is 11.7 Å². The molecule has 0 fully saturated rings. The van der Waals surface area contributed by atoms with E-state index in [1.807, 2.05) is 24.3 Å². The molecular weight excluding hydrogens is 367 g/mol. The van der Waals surface area contributed by atoms with E-state index in [1.54, 1.807) is 42.1 Å². The number of carbonyl (C=O) groups excluding carboxylic acids is 1. The van der Waals surface area contributed by atoms with Crippen molar-refractivity contribution < 1.29 is 13.9 Å². The molecule has 0 N–H and O–H groups in total. The Labute approximate surface area is 161 Å². The van der Waals surface area contributed by atoms with Gasteiger partial charge in [0.25, 0.3) is 0 Å². The number of hydrogen-bond acceptors (Lipinski definition) is 5. The quantitative estimate of drug-likeness (QED) is 0.584. The number of thioether (sulfide) groups is 1. The molecule has 0 aliphatic rings. The van der Waals surface area contributed by atoms with Gasteiger partial charge in [-0.1, -0.05) is 30.0 Å². The molecule has 0 atom stereocenters. The van der Waals surface area contributed by atoms with Crippen LogP contribution in [0.5, 0.6) is 5.75 Å². The molecule has 6 nitrogen and oxygen atoms in total. The second kappa shape index (κ2) is 8.68. The summed E-state index contributed by atoms with van der Waals surface area (Å²) in [5.74, 6) is 0.609. The fourth-order valence-electron chi connectivity index (χ4n) is 2.45. The van der Waals surface area contributed by atoms with Crippen molar-refractivity contribution >= 4 is 17.7 Å². The number of carbonyl (C=O) groups is 1. The topological polar surface area (TPSA) is 60.2 Å². The summed E-state index contributed by atoms with van der Waals surface area (Å²) < 4.78 is 20.0. The first-order valence-electron chi connectivity index (χ1n) is 8.22. The van der Waals surface area contributed by atoms with Crippen LogP contribution in [0.15, 0.2) is 60.0 Å². The number of hydrogen-bond donors (Lipinski definition) is 0. The summed E-state index contributed by atoms with van der Waals surface area (Å²) >= 11 is 1.31. The number of nitrogens with zero attached hydrogens (tertiary/aromatic N) is 4. The second-order valence-electron chi connectivity index (χ2n) is 5.85. The highest BCUT2D eigenvalue weighted by Crippen LogP contribution is 2.22. The van der Waals surface area contributed by atoms with Crippen LogP contribution in [0.1, 0.15) is 5.56 Å². The van der Waals surface area contributed by atoms with E-state index in [1.165, 1.54) is 23.9 Å². The lowest BCUT2D eigenvalue weighted by Crippen LogP contribution is -2.27. The molecule has 0 saturated heterocycles. The van der Waals surface area contributed by atoms with E-state index in [9.17, 15) is 9.18 Å². The van der Waals surface area contributed by atoms with Crippen molar-refractivity contribution in [2.24, 2.45) is 0 Å². The van der Waals surface area contributed by atoms with Gasteiger partial charge in [-0.15, -0.1) is 10.2 Å². The number of amides is 1. The maximum absolute atomic E-state index is 13.0. The normalized spacial score (nSPS) is 10.6. The zero-order chi connectivity index (χ0) is 19.2. The van der Waals surface area contributed by atoms with E-state index in [2.05, 4.69) is 10.2 Å². The summed E-state index contributed by atoms with van der Waals surface area (Å²) in [6, 6.07) is 13.6. The molecule has 0 bridgehead atoms. The minimum atomic E-state index is -0.292. The third-order valence-electron chi connectivity index (χ3n) is 3.93. The standard InChI is InChI=1S/C19H19FN4O2S/c1-23(11-14-6-8-15(20)9-7-14)18(25)12-27-19-22-21-13-24(19)16-4-3-5-17(10-16)26-2/h3-10,13H,11-12H2,1-2H3. The second-order valence-corrected chi connectivity index (χ2v) is 6.79. The summed E-state index contributed by atoms with van der Waals surface area (Å²) in [7, 11) is 3.33. The Morgan fingerprint density at radius 1 is 1.26 bits per heavy atom. The Kier molecular flexibility index (Phi) is 6.08. The van der Waals surface area contributed by atoms with Crippen LogP contribution in [0.4, 0.5) is 4.39 Å². The third-order valence-corrected chi connectivity index (χ3v) is 4.86. The van der Waals surface area contributed by atoms with E-state index >= 15 is 0 Å². The molecule has 1 heterocycles. The van der Waals surface area contributed by atoms with Crippen LogP contribution in [-0.4, -0.2) is 45.5 Å². The van der Waals surface area contributed by atoms with E-state index in [-0.39, 0.29) is 17.5 Å². The molecule has 3 rings (SSSR count). The van der Waals surface area contributed by atoms with Crippen molar-refractivity contribution in [3.05, 3.63) is 66.2 Å². The monoisotopic (exact) mass is 386 g/mol. The summed E-state index contributed by atoms with van der Waals surface area (Å²) in [6.07, 6.45) is 1.60. The first kappa shape index (κ1) is 18.9. The highest BCUT2D eigenvalue weighted by atomic mass is 32.2. The van der Waals surface area contributed by atoms with Crippen LogP contribution < -0.4 is 4.74 Å². The molecule has 27 heavy (non-hydrogen) atoms. The third kappa shape index (κ3) is 4.85. The van der Waals surface area contributed by atoms with Crippen molar-refractivity contribution in [3.63, 3.8) is 0 Å². The molecule has 1 aromatic heterocycles. The number of benzene rings is 2. The highest BCUT2D eigenvalue weighted by molar-refractivity contribution is 7.99. The number of rotatable bonds is 7. The summed E-state index contributed by atoms with van der Waals surface area (Å²) in [4.78, 5) is 14.0. The van der Waals surface area contributed by atoms with Gasteiger partial charge in [0.05, 0.1) is 18.6 Å². The summed E-state index contributed by atoms with van der Waals surface area (Å²) in [5, 5.41) is 8.66. The van der Waals surface area contributed by atoms with Crippen molar-refractivity contribution in [2.75, 3.05) is 19.9 Å². The van der Waals surface area contributed by atoms with Gasteiger partial charge in [0.2, 0.25) is 5.91 Å². The zero-order valence-corrected chi connectivity index (χ0v) is 15.8. The molecular formula is C19H19FN4O2S. The SMILES string of the molecule is COc1cccc(-n2cnnc2SCC(=O)N(C)Cc2ccc(F)cc2)c1. The predicted molar refractivity (Wildman–Crippen MR) is 102 cm³/mol. The molecule has 0 aliphatic carbocycles. The molecule has 8 heteroatoms. The van der Waals surface area contributed by atoms with Crippen molar-refractivity contribution in [1.82, 2.24) is 19.7 Å². The van der Waals surface area contributed by atoms with E-state index < -0.39 is 0 Å². The first-order chi connectivity index (χ1) is 13.1. The Morgan fingerprint density at radius 3 is 2.78 bits per heavy atom. The maximum Gasteiger partial charge on any atom is 0.233 e. The Bertz CT molecular complexity index is 914. The molecule has 1 amide bonds. The molecule has 0 spiro atoms. The molecule has 0 radical (unpaired) electrons. The number of halogens is 1. The lowest BCUT2D eigenvalue weighted by Gasteiger charge is -2.17. The van der Waals surface area contributed by atoms with Crippen LogP contribution in [-0.2, 0) is 11.3 Å². The summed E-state index contributed by atoms with van der Waals surface area (Å²) in [5.41, 5.74) is 1.73. The van der Waals surface area contributed by atoms with Crippen LogP contribution in [0.25, 0.3) is 5.69 Å². The average molecular weight is 386 g/mol. The van der Waals surface area contributed by atoms with Gasteiger partial charge in [-0.25, -0.2) is 4.39 Å². The number of methoxy groups -OCH3 is 1. The molecule has 140 valence electrons. The van der Waals surface area contributed by atoms with Gasteiger partial charge in [0.1, 0.15) is 17.9 Å². The lowest BCUT2D eigenvalue weighted by molar-refractivity contribution is -0.127. The van der Waals surface area contributed by atoms with E-state index in [4.69, 9.17) is 4.74 Å². The fourth-order valence-corrected chi connectivity index (χ4v) is 3.32. The highest BCUT2D eigenvalue weighted by Gasteiger charge is 2.14. The van der Waals surface area contributed by atoms with Crippen LogP contribution in [0.2, 0.25) is 0 Å². The zero-order valence-electron chi connectivity index (χ0n) is 15.0. The Morgan fingerprint density at radius 2 is 2.04 bits per heavy atom. The smallest absolute Gasteiger partial charge is 0.233 e. The largest absolute Gasteiger partial charge is 0.497 e. The first-order valence-corrected chi connectivity index (χ1v) is 9.21. The average Bonchev–Trinajstić information content (AvgIpc) is 3.16. The van der Waals surface area contributed by atoms with E-state index in [0.717, 1.165) is 17.0 Å². The van der Waals surface area contributed by atoms with Gasteiger partial charge in [0, 0.05) is 19.7 Å². The lowest BCUT2D eigenvalue weighted by atomic mass is 10.2. The van der Waals surface area contributed by atoms with Crippen LogP contribution in [0.3, 0.4) is 0 Å².